The van der Waals surface area contributed by atoms with Crippen LogP contribution >= 0.6 is 0 Å². The van der Waals surface area contributed by atoms with E-state index in [9.17, 15) is 10.5 Å². The maximum absolute atomic E-state index is 9.46. The van der Waals surface area contributed by atoms with Gasteiger partial charge in [0, 0.05) is 23.9 Å². The second-order valence-corrected chi connectivity index (χ2v) is 6.56. The van der Waals surface area contributed by atoms with Crippen LogP contribution in [0.1, 0.15) is 24.8 Å². The normalized spacial score (nSPS) is 27.4. The zero-order chi connectivity index (χ0) is 17.6. The number of hydrogen-bond acceptors (Lipinski definition) is 3. The van der Waals surface area contributed by atoms with Gasteiger partial charge in [0.1, 0.15) is 17.7 Å². The first kappa shape index (κ1) is 17.0. The Kier molecular flexibility index (Phi) is 5.32. The molecule has 124 valence electrons. The van der Waals surface area contributed by atoms with Crippen molar-refractivity contribution < 1.29 is 0 Å². The minimum atomic E-state index is 0.0284. The number of piperidine rings is 1. The van der Waals surface area contributed by atoms with Gasteiger partial charge in [0.05, 0.1) is 0 Å². The number of nitriles is 2. The predicted octanol–water partition coefficient (Wildman–Crippen LogP) is 4.14. The molecule has 2 aliphatic rings. The molecule has 3 heteroatoms. The second-order valence-electron chi connectivity index (χ2n) is 6.56. The molecule has 0 aliphatic carbocycles. The van der Waals surface area contributed by atoms with Gasteiger partial charge < -0.3 is 5.32 Å². The zero-order valence-electron chi connectivity index (χ0n) is 14.2. The number of allylic oxidation sites excluding steroid dienone is 2. The summed E-state index contributed by atoms with van der Waals surface area (Å²) in [6, 6.07) is 15.0. The molecule has 3 unspecified atom stereocenters. The van der Waals surface area contributed by atoms with Gasteiger partial charge in [0.15, 0.2) is 0 Å². The van der Waals surface area contributed by atoms with Crippen LogP contribution in [0.4, 0.5) is 0 Å². The number of nitrogens with one attached hydrogen (secondary N) is 1. The average Bonchev–Trinajstić information content (AvgIpc) is 3.08. The Morgan fingerprint density at radius 2 is 1.88 bits per heavy atom. The van der Waals surface area contributed by atoms with Crippen molar-refractivity contribution in [1.29, 1.82) is 10.5 Å². The van der Waals surface area contributed by atoms with Gasteiger partial charge in [-0.1, -0.05) is 49.1 Å². The molecule has 4 atom stereocenters. The summed E-state index contributed by atoms with van der Waals surface area (Å²) in [5.74, 6) is 0.184. The molecule has 25 heavy (non-hydrogen) atoms. The Balaban J connectivity index is 1.93. The molecule has 3 rings (SSSR count). The van der Waals surface area contributed by atoms with Crippen LogP contribution in [0.15, 0.2) is 65.9 Å². The van der Waals surface area contributed by atoms with Gasteiger partial charge in [-0.3, -0.25) is 0 Å². The molecule has 2 fully saturated rings. The molecule has 0 amide bonds. The lowest BCUT2D eigenvalue weighted by atomic mass is 9.75. The molecule has 1 aromatic carbocycles. The number of rotatable bonds is 4. The molecule has 2 aliphatic heterocycles. The summed E-state index contributed by atoms with van der Waals surface area (Å²) in [6.07, 6.45) is 9.11. The van der Waals surface area contributed by atoms with Crippen molar-refractivity contribution in [3.8, 4) is 12.1 Å². The summed E-state index contributed by atoms with van der Waals surface area (Å²) in [4.78, 5) is 0. The largest absolute Gasteiger partial charge is 0.310 e. The molecule has 2 bridgehead atoms. The molecule has 0 radical (unpaired) electrons. The highest BCUT2D eigenvalue weighted by Crippen LogP contribution is 2.43. The second kappa shape index (κ2) is 7.82. The van der Waals surface area contributed by atoms with Crippen molar-refractivity contribution in [3.05, 3.63) is 71.5 Å². The molecule has 2 saturated heterocycles. The maximum atomic E-state index is 9.46. The summed E-state index contributed by atoms with van der Waals surface area (Å²) in [7, 11) is 0. The van der Waals surface area contributed by atoms with Gasteiger partial charge in [0.25, 0.3) is 0 Å². The van der Waals surface area contributed by atoms with Gasteiger partial charge in [-0.05, 0) is 36.5 Å². The lowest BCUT2D eigenvalue weighted by Gasteiger charge is -2.37. The van der Waals surface area contributed by atoms with E-state index in [1.165, 1.54) is 0 Å². The van der Waals surface area contributed by atoms with E-state index in [0.717, 1.165) is 30.4 Å². The maximum Gasteiger partial charge on any atom is 0.129 e. The summed E-state index contributed by atoms with van der Waals surface area (Å²) in [5, 5.41) is 22.6. The fraction of sp³-hybridized carbons (Fsp3) is 0.318. The van der Waals surface area contributed by atoms with Crippen LogP contribution in [-0.2, 0) is 0 Å². The number of nitrogens with zero attached hydrogens (tertiary/aromatic N) is 2. The molecule has 0 saturated carbocycles. The van der Waals surface area contributed by atoms with Gasteiger partial charge in [-0.15, -0.1) is 5.73 Å². The molecule has 2 heterocycles. The van der Waals surface area contributed by atoms with E-state index in [-0.39, 0.29) is 23.5 Å². The highest BCUT2D eigenvalue weighted by molar-refractivity contribution is 5.50. The van der Waals surface area contributed by atoms with Crippen molar-refractivity contribution in [1.82, 2.24) is 5.32 Å². The molecule has 3 nitrogen and oxygen atoms in total. The van der Waals surface area contributed by atoms with Gasteiger partial charge in [-0.25, -0.2) is 0 Å². The summed E-state index contributed by atoms with van der Waals surface area (Å²) < 4.78 is 0. The fourth-order valence-corrected chi connectivity index (χ4v) is 4.13. The van der Waals surface area contributed by atoms with Crippen LogP contribution in [0, 0.1) is 34.5 Å². The Morgan fingerprint density at radius 1 is 1.16 bits per heavy atom. The molecular formula is C22H21N3. The van der Waals surface area contributed by atoms with Crippen molar-refractivity contribution in [3.63, 3.8) is 0 Å². The highest BCUT2D eigenvalue weighted by atomic mass is 15.0. The lowest BCUT2D eigenvalue weighted by molar-refractivity contribution is 0.327. The zero-order valence-corrected chi connectivity index (χ0v) is 14.2. The summed E-state index contributed by atoms with van der Waals surface area (Å²) in [6.45, 7) is 3.70. The highest BCUT2D eigenvalue weighted by Gasteiger charge is 2.44. The van der Waals surface area contributed by atoms with Crippen molar-refractivity contribution in [2.45, 2.75) is 31.3 Å². The predicted molar refractivity (Wildman–Crippen MR) is 99.0 cm³/mol. The number of benzene rings is 1. The molecule has 0 aromatic heterocycles. The fourth-order valence-electron chi connectivity index (χ4n) is 4.13. The van der Waals surface area contributed by atoms with E-state index in [1.54, 1.807) is 0 Å². The van der Waals surface area contributed by atoms with E-state index in [1.807, 2.05) is 24.3 Å². The smallest absolute Gasteiger partial charge is 0.129 e. The first-order valence-electron chi connectivity index (χ1n) is 8.66. The lowest BCUT2D eigenvalue weighted by Crippen LogP contribution is -2.47. The third-order valence-electron chi connectivity index (χ3n) is 5.20. The topological polar surface area (TPSA) is 59.6 Å². The first-order valence-corrected chi connectivity index (χ1v) is 8.66. The van der Waals surface area contributed by atoms with Gasteiger partial charge >= 0.3 is 0 Å². The average molecular weight is 327 g/mol. The Morgan fingerprint density at radius 3 is 2.56 bits per heavy atom. The minimum absolute atomic E-state index is 0.0284. The Bertz CT molecular complexity index is 797. The van der Waals surface area contributed by atoms with Crippen molar-refractivity contribution in [2.75, 3.05) is 0 Å². The van der Waals surface area contributed by atoms with Crippen LogP contribution in [0.3, 0.4) is 0 Å². The number of fused-ring (bicyclic) bond motifs is 2. The van der Waals surface area contributed by atoms with E-state index < -0.39 is 0 Å². The van der Waals surface area contributed by atoms with Gasteiger partial charge in [0.2, 0.25) is 0 Å². The van der Waals surface area contributed by atoms with E-state index in [2.05, 4.69) is 54.1 Å². The summed E-state index contributed by atoms with van der Waals surface area (Å²) >= 11 is 0. The molecule has 1 N–H and O–H groups in total. The first-order chi connectivity index (χ1) is 12.3. The molecule has 0 spiro atoms. The van der Waals surface area contributed by atoms with Crippen LogP contribution < -0.4 is 5.32 Å². The van der Waals surface area contributed by atoms with Gasteiger partial charge in [-0.2, -0.15) is 10.5 Å². The van der Waals surface area contributed by atoms with E-state index in [4.69, 9.17) is 0 Å². The Labute approximate surface area is 149 Å². The standard InChI is InChI=1S/C22H21N3/c1-2-7-18-20-12-13-21(25-20)19(22(18)17(14-23)15-24)11-6-10-16-8-4-3-5-9-16/h3-10,18-21,25H,1,11-13H2/b10-6+/t18-,19?,20?,21?/m0/s1. The minimum Gasteiger partial charge on any atom is -0.310 e. The molecule has 1 aromatic rings. The van der Waals surface area contributed by atoms with Crippen molar-refractivity contribution >= 4 is 6.08 Å². The monoisotopic (exact) mass is 327 g/mol. The van der Waals surface area contributed by atoms with E-state index >= 15 is 0 Å². The van der Waals surface area contributed by atoms with Crippen LogP contribution in [0.5, 0.6) is 0 Å². The Hall–Kier alpha value is -2.84. The van der Waals surface area contributed by atoms with Crippen molar-refractivity contribution in [2.24, 2.45) is 11.8 Å². The third kappa shape index (κ3) is 3.49. The van der Waals surface area contributed by atoms with Crippen LogP contribution in [-0.4, -0.2) is 12.1 Å². The SMILES string of the molecule is C=C=C[C@@H]1C(=C(C#N)C#N)C(C/C=C/c2ccccc2)C2CCC1N2. The summed E-state index contributed by atoms with van der Waals surface area (Å²) in [5.41, 5.74) is 5.25. The third-order valence-corrected chi connectivity index (χ3v) is 5.20. The van der Waals surface area contributed by atoms with Crippen LogP contribution in [0.2, 0.25) is 0 Å². The molecular weight excluding hydrogens is 306 g/mol. The van der Waals surface area contributed by atoms with E-state index in [0.29, 0.717) is 6.04 Å². The van der Waals surface area contributed by atoms with Crippen LogP contribution in [0.25, 0.3) is 6.08 Å². The quantitative estimate of drug-likeness (QED) is 0.668. The number of hydrogen-bond donors (Lipinski definition) is 1.